The molecule has 1 aromatic heterocycles. The summed E-state index contributed by atoms with van der Waals surface area (Å²) in [5, 5.41) is 16.4. The highest BCUT2D eigenvalue weighted by Crippen LogP contribution is 2.48. The number of halogens is 1. The summed E-state index contributed by atoms with van der Waals surface area (Å²) in [6, 6.07) is 13.3. The van der Waals surface area contributed by atoms with Gasteiger partial charge in [-0.25, -0.2) is 4.39 Å². The number of carbonyl (C=O) groups excluding carboxylic acids is 2. The van der Waals surface area contributed by atoms with Crippen LogP contribution in [0.3, 0.4) is 0 Å². The molecule has 2 aromatic carbocycles. The quantitative estimate of drug-likeness (QED) is 0.318. The number of nitrogens with zero attached hydrogens (tertiary/aromatic N) is 5. The van der Waals surface area contributed by atoms with E-state index in [4.69, 9.17) is 4.99 Å². The molecule has 0 saturated heterocycles. The molecule has 2 aliphatic rings. The fourth-order valence-electron chi connectivity index (χ4n) is 6.35. The SMILES string of the molecule is CC(C)C1CCC2(CC1)N=C(c1ccc(F)cc1)C(=O)N2[C@H](CCC(C)(C)C)c1ccc(C(=O)NCc2nn[nH]n2)cc1. The average molecular weight is 588 g/mol. The zero-order valence-corrected chi connectivity index (χ0v) is 25.7. The van der Waals surface area contributed by atoms with Crippen molar-refractivity contribution in [2.75, 3.05) is 0 Å². The number of tetrazole rings is 1. The number of hydrogen-bond donors (Lipinski definition) is 2. The van der Waals surface area contributed by atoms with E-state index in [1.54, 1.807) is 24.3 Å². The van der Waals surface area contributed by atoms with Crippen molar-refractivity contribution in [1.82, 2.24) is 30.8 Å². The first-order valence-corrected chi connectivity index (χ1v) is 15.3. The van der Waals surface area contributed by atoms with Gasteiger partial charge >= 0.3 is 0 Å². The maximum absolute atomic E-state index is 14.4. The summed E-state index contributed by atoms with van der Waals surface area (Å²) in [6.07, 6.45) is 5.20. The van der Waals surface area contributed by atoms with Gasteiger partial charge in [-0.2, -0.15) is 5.21 Å². The predicted molar refractivity (Wildman–Crippen MR) is 163 cm³/mol. The Balaban J connectivity index is 1.48. The minimum absolute atomic E-state index is 0.0547. The van der Waals surface area contributed by atoms with Crippen molar-refractivity contribution in [3.63, 3.8) is 0 Å². The molecule has 228 valence electrons. The first kappa shape index (κ1) is 30.5. The Morgan fingerprint density at radius 3 is 2.35 bits per heavy atom. The Morgan fingerprint density at radius 2 is 1.77 bits per heavy atom. The van der Waals surface area contributed by atoms with Crippen molar-refractivity contribution >= 4 is 17.5 Å². The van der Waals surface area contributed by atoms with Crippen LogP contribution in [0.5, 0.6) is 0 Å². The van der Waals surface area contributed by atoms with Gasteiger partial charge in [0, 0.05) is 11.1 Å². The fourth-order valence-corrected chi connectivity index (χ4v) is 6.35. The molecule has 2 amide bonds. The topological polar surface area (TPSA) is 116 Å². The van der Waals surface area contributed by atoms with Crippen LogP contribution in [0.4, 0.5) is 4.39 Å². The van der Waals surface area contributed by atoms with Crippen molar-refractivity contribution < 1.29 is 14.0 Å². The lowest BCUT2D eigenvalue weighted by Crippen LogP contribution is -2.51. The van der Waals surface area contributed by atoms with Gasteiger partial charge in [0.1, 0.15) is 17.2 Å². The zero-order valence-electron chi connectivity index (χ0n) is 25.7. The number of rotatable bonds is 9. The largest absolute Gasteiger partial charge is 0.345 e. The first-order valence-electron chi connectivity index (χ1n) is 15.3. The number of aliphatic imine (C=N–C) groups is 1. The van der Waals surface area contributed by atoms with E-state index in [0.717, 1.165) is 44.1 Å². The molecule has 1 spiro atoms. The highest BCUT2D eigenvalue weighted by molar-refractivity contribution is 6.46. The number of carbonyl (C=O) groups is 2. The summed E-state index contributed by atoms with van der Waals surface area (Å²) >= 11 is 0. The summed E-state index contributed by atoms with van der Waals surface area (Å²) < 4.78 is 13.8. The van der Waals surface area contributed by atoms with Crippen LogP contribution in [-0.4, -0.2) is 48.7 Å². The van der Waals surface area contributed by atoms with E-state index in [2.05, 4.69) is 60.6 Å². The van der Waals surface area contributed by atoms with Gasteiger partial charge in [0.15, 0.2) is 5.82 Å². The Morgan fingerprint density at radius 1 is 1.09 bits per heavy atom. The Labute approximate surface area is 252 Å². The molecule has 0 bridgehead atoms. The van der Waals surface area contributed by atoms with E-state index in [-0.39, 0.29) is 35.6 Å². The van der Waals surface area contributed by atoms with Gasteiger partial charge in [-0.15, -0.1) is 10.2 Å². The fraction of sp³-hybridized carbons (Fsp3) is 0.515. The lowest BCUT2D eigenvalue weighted by atomic mass is 9.75. The molecule has 10 heteroatoms. The average Bonchev–Trinajstić information content (AvgIpc) is 3.59. The van der Waals surface area contributed by atoms with E-state index < -0.39 is 5.66 Å². The number of H-pyrrole nitrogens is 1. The normalized spacial score (nSPS) is 21.4. The number of nitrogens with one attached hydrogen (secondary N) is 2. The third-order valence-corrected chi connectivity index (χ3v) is 8.91. The van der Waals surface area contributed by atoms with Crippen LogP contribution < -0.4 is 5.32 Å². The second kappa shape index (κ2) is 12.3. The molecule has 3 aromatic rings. The minimum atomic E-state index is -0.657. The Bertz CT molecular complexity index is 1440. The number of amides is 2. The van der Waals surface area contributed by atoms with E-state index >= 15 is 0 Å². The molecule has 9 nitrogen and oxygen atoms in total. The summed E-state index contributed by atoms with van der Waals surface area (Å²) in [6.45, 7) is 11.3. The molecule has 1 fully saturated rings. The second-order valence-corrected chi connectivity index (χ2v) is 13.5. The van der Waals surface area contributed by atoms with Gasteiger partial charge in [-0.1, -0.05) is 52.0 Å². The number of hydrogen-bond acceptors (Lipinski definition) is 6. The third kappa shape index (κ3) is 6.84. The van der Waals surface area contributed by atoms with Gasteiger partial charge in [0.2, 0.25) is 0 Å². The van der Waals surface area contributed by atoms with Gasteiger partial charge < -0.3 is 10.2 Å². The van der Waals surface area contributed by atoms with Crippen molar-refractivity contribution in [2.45, 2.75) is 91.4 Å². The van der Waals surface area contributed by atoms with Crippen molar-refractivity contribution in [1.29, 1.82) is 0 Å². The molecule has 0 radical (unpaired) electrons. The number of benzene rings is 2. The van der Waals surface area contributed by atoms with Crippen molar-refractivity contribution in [2.24, 2.45) is 22.2 Å². The molecule has 2 heterocycles. The van der Waals surface area contributed by atoms with Crippen LogP contribution >= 0.6 is 0 Å². The van der Waals surface area contributed by atoms with Crippen LogP contribution in [-0.2, 0) is 11.3 Å². The lowest BCUT2D eigenvalue weighted by Gasteiger charge is -2.46. The standard InChI is InChI=1S/C33H42FN7O2/c1-21(2)22-14-18-33(19-15-22)36-29(24-10-12-26(34)13-11-24)31(43)41(33)27(16-17-32(3,4)5)23-6-8-25(9-7-23)30(42)35-20-28-37-39-40-38-28/h6-13,21-22,27H,14-20H2,1-5H3,(H,35,42)(H,37,38,39,40)/t22?,27-,33?/m1/s1. The molecule has 1 atom stereocenters. The first-order chi connectivity index (χ1) is 20.5. The van der Waals surface area contributed by atoms with Crippen LogP contribution in [0.15, 0.2) is 53.5 Å². The predicted octanol–water partition coefficient (Wildman–Crippen LogP) is 6.01. The van der Waals surface area contributed by atoms with E-state index in [0.29, 0.717) is 34.5 Å². The lowest BCUT2D eigenvalue weighted by molar-refractivity contribution is -0.133. The number of aromatic nitrogens is 4. The summed E-state index contributed by atoms with van der Waals surface area (Å²) in [5.74, 6) is 0.850. The molecule has 1 aliphatic carbocycles. The van der Waals surface area contributed by atoms with Gasteiger partial charge in [-0.05, 0) is 97.7 Å². The van der Waals surface area contributed by atoms with Gasteiger partial charge in [-0.3, -0.25) is 14.6 Å². The monoisotopic (exact) mass is 587 g/mol. The summed E-state index contributed by atoms with van der Waals surface area (Å²) in [7, 11) is 0. The maximum atomic E-state index is 14.4. The smallest absolute Gasteiger partial charge is 0.275 e. The molecule has 1 saturated carbocycles. The minimum Gasteiger partial charge on any atom is -0.345 e. The third-order valence-electron chi connectivity index (χ3n) is 8.91. The molecule has 2 N–H and O–H groups in total. The molecule has 43 heavy (non-hydrogen) atoms. The van der Waals surface area contributed by atoms with E-state index in [1.807, 2.05) is 17.0 Å². The van der Waals surface area contributed by atoms with Crippen molar-refractivity contribution in [3.8, 4) is 0 Å². The Hall–Kier alpha value is -3.95. The number of aromatic amines is 1. The van der Waals surface area contributed by atoms with Crippen LogP contribution in [0.1, 0.15) is 106 Å². The molecule has 1 aliphatic heterocycles. The van der Waals surface area contributed by atoms with Crippen LogP contribution in [0.2, 0.25) is 0 Å². The maximum Gasteiger partial charge on any atom is 0.275 e. The highest BCUT2D eigenvalue weighted by Gasteiger charge is 2.52. The molecular formula is C33H42FN7O2. The van der Waals surface area contributed by atoms with Crippen molar-refractivity contribution in [3.05, 3.63) is 76.9 Å². The summed E-state index contributed by atoms with van der Waals surface area (Å²) in [5.41, 5.74) is 1.91. The molecular weight excluding hydrogens is 545 g/mol. The zero-order chi connectivity index (χ0) is 30.8. The molecule has 0 unspecified atom stereocenters. The molecule has 5 rings (SSSR count). The van der Waals surface area contributed by atoms with Gasteiger partial charge in [0.05, 0.1) is 12.6 Å². The van der Waals surface area contributed by atoms with E-state index in [9.17, 15) is 14.0 Å². The van der Waals surface area contributed by atoms with E-state index in [1.165, 1.54) is 12.1 Å². The second-order valence-electron chi connectivity index (χ2n) is 13.5. The van der Waals surface area contributed by atoms with Crippen LogP contribution in [0, 0.1) is 23.1 Å². The van der Waals surface area contributed by atoms with Gasteiger partial charge in [0.25, 0.3) is 11.8 Å². The van der Waals surface area contributed by atoms with Crippen LogP contribution in [0.25, 0.3) is 0 Å². The highest BCUT2D eigenvalue weighted by atomic mass is 19.1. The summed E-state index contributed by atoms with van der Waals surface area (Å²) in [4.78, 5) is 34.5. The Kier molecular flexibility index (Phi) is 8.76.